The third kappa shape index (κ3) is 17.9. The average molecular weight is 1150 g/mol. The van der Waals surface area contributed by atoms with Crippen LogP contribution in [0.15, 0.2) is 36.4 Å². The summed E-state index contributed by atoms with van der Waals surface area (Å²) < 4.78 is 0. The van der Waals surface area contributed by atoms with Crippen molar-refractivity contribution in [3.8, 4) is 11.5 Å². The Morgan fingerprint density at radius 2 is 1.29 bits per heavy atom. The predicted octanol–water partition coefficient (Wildman–Crippen LogP) is 0.407. The maximum atomic E-state index is 14.7. The number of nitrogens with zero attached hydrogens (tertiary/aromatic N) is 1. The number of nitrogens with one attached hydrogen (secondary N) is 9. The van der Waals surface area contributed by atoms with Gasteiger partial charge < -0.3 is 72.5 Å². The Bertz CT molecular complexity index is 2580. The highest BCUT2D eigenvalue weighted by molar-refractivity contribution is 7.98. The summed E-state index contributed by atoms with van der Waals surface area (Å²) in [7, 11) is 0. The molecule has 1 aromatic carbocycles. The van der Waals surface area contributed by atoms with Crippen molar-refractivity contribution in [3.05, 3.63) is 70.3 Å². The third-order valence-corrected chi connectivity index (χ3v) is 14.2. The summed E-state index contributed by atoms with van der Waals surface area (Å²) in [5, 5.41) is 59.9. The van der Waals surface area contributed by atoms with Crippen LogP contribution in [0.2, 0.25) is 0 Å². The monoisotopic (exact) mass is 1150 g/mol. The SMILES string of the molecule is CSCCC(NC(=O)C(CS)NC(=O)C(CO)NC(=S)c1[nH]c(C2CCCN2C(=O)C(Cc2ccc(C)cc2)NC(=O)C(CS)NC(=O)C(CO)NC(=O)CNC(=S)c2[nH]c(C(=O)CC(C)C)cc2O)cc1O)C(C)=O. The first kappa shape index (κ1) is 62.8. The van der Waals surface area contributed by atoms with E-state index in [-0.39, 0.29) is 86.9 Å². The second-order valence-corrected chi connectivity index (χ2v) is 21.1. The number of ketones is 2. The molecule has 7 atom stereocenters. The van der Waals surface area contributed by atoms with Crippen LogP contribution in [0, 0.1) is 12.8 Å². The second kappa shape index (κ2) is 30.3. The zero-order chi connectivity index (χ0) is 56.4. The first-order valence-corrected chi connectivity index (χ1v) is 27.8. The lowest BCUT2D eigenvalue weighted by atomic mass is 10.0. The molecule has 1 aliphatic heterocycles. The van der Waals surface area contributed by atoms with E-state index in [0.29, 0.717) is 36.3 Å². The number of amides is 6. The van der Waals surface area contributed by atoms with Gasteiger partial charge in [-0.25, -0.2) is 0 Å². The third-order valence-electron chi connectivity index (χ3n) is 12.1. The van der Waals surface area contributed by atoms with E-state index in [2.05, 4.69) is 72.4 Å². The Balaban J connectivity index is 1.44. The Morgan fingerprint density at radius 3 is 1.84 bits per heavy atom. The van der Waals surface area contributed by atoms with Crippen molar-refractivity contribution in [2.45, 2.75) is 102 Å². The van der Waals surface area contributed by atoms with Crippen LogP contribution in [0.3, 0.4) is 0 Å². The van der Waals surface area contributed by atoms with Crippen LogP contribution in [0.4, 0.5) is 0 Å². The molecule has 0 aliphatic carbocycles. The Kier molecular flexibility index (Phi) is 25.0. The van der Waals surface area contributed by atoms with Gasteiger partial charge in [0.2, 0.25) is 35.4 Å². The number of hydrogen-bond acceptors (Lipinski definition) is 17. The highest BCUT2D eigenvalue weighted by Gasteiger charge is 2.38. The molecule has 7 unspecified atom stereocenters. The molecule has 0 bridgehead atoms. The van der Waals surface area contributed by atoms with E-state index in [4.69, 9.17) is 24.4 Å². The number of hydrogen-bond donors (Lipinski definition) is 15. The van der Waals surface area contributed by atoms with Gasteiger partial charge in [-0.15, -0.1) is 0 Å². The van der Waals surface area contributed by atoms with Crippen molar-refractivity contribution in [2.75, 3.05) is 49.8 Å². The minimum atomic E-state index is -1.55. The predicted molar refractivity (Wildman–Crippen MR) is 301 cm³/mol. The summed E-state index contributed by atoms with van der Waals surface area (Å²) in [5.74, 6) is -5.39. The minimum Gasteiger partial charge on any atom is -0.506 e. The summed E-state index contributed by atoms with van der Waals surface area (Å²) in [6.45, 7) is 5.07. The molecule has 3 aromatic rings. The number of H-pyrrole nitrogens is 2. The fourth-order valence-corrected chi connectivity index (χ4v) is 9.49. The standard InChI is InChI=1S/C49H68N10O12S5/c1-24(2)15-37(63)30-18-39(65)41(53-30)47(74)50-19-40(66)51-32(20-60)43(67)56-35(23-73)46(70)55-31(16-27-10-8-25(3)9-11-27)49(71)59-13-6-7-36(59)29-17-38(64)42(52-29)48(75)58-33(21-61)44(68)57-34(22-72)45(69)54-28(26(4)62)12-14-76-5/h8-11,17-18,24,28,31-36,52-53,60-61,64-65,72-73H,6-7,12-16,19-23H2,1-5H3,(H,50,74)(H,51,66)(H,54,69)(H,55,70)(H,56,67)(H,57,68)(H,58,75). The van der Waals surface area contributed by atoms with Gasteiger partial charge in [0, 0.05) is 48.7 Å². The van der Waals surface area contributed by atoms with Crippen LogP contribution < -0.4 is 37.2 Å². The number of aryl methyl sites for hydroxylation is 1. The number of thioether (sulfide) groups is 1. The van der Waals surface area contributed by atoms with E-state index < -0.39 is 97.5 Å². The molecule has 13 N–H and O–H groups in total. The number of aliphatic hydroxyl groups excluding tert-OH is 2. The molecule has 416 valence electrons. The Labute approximate surface area is 466 Å². The van der Waals surface area contributed by atoms with Crippen molar-refractivity contribution in [1.82, 2.24) is 52.1 Å². The van der Waals surface area contributed by atoms with E-state index in [1.54, 1.807) is 12.1 Å². The van der Waals surface area contributed by atoms with Crippen molar-refractivity contribution >= 4 is 118 Å². The molecule has 27 heteroatoms. The summed E-state index contributed by atoms with van der Waals surface area (Å²) in [6.07, 6.45) is 3.44. The van der Waals surface area contributed by atoms with Gasteiger partial charge >= 0.3 is 0 Å². The number of aromatic nitrogens is 2. The van der Waals surface area contributed by atoms with Crippen molar-refractivity contribution in [1.29, 1.82) is 0 Å². The summed E-state index contributed by atoms with van der Waals surface area (Å²) >= 11 is 20.8. The van der Waals surface area contributed by atoms with Gasteiger partial charge in [0.05, 0.1) is 37.5 Å². The first-order valence-electron chi connectivity index (χ1n) is 24.3. The summed E-state index contributed by atoms with van der Waals surface area (Å²) in [5.41, 5.74) is 2.12. The summed E-state index contributed by atoms with van der Waals surface area (Å²) in [6, 6.07) is 1.78. The molecule has 1 aliphatic rings. The maximum Gasteiger partial charge on any atom is 0.246 e. The zero-order valence-electron chi connectivity index (χ0n) is 42.7. The van der Waals surface area contributed by atoms with E-state index in [9.17, 15) is 58.8 Å². The molecule has 0 saturated carbocycles. The Morgan fingerprint density at radius 1 is 0.750 bits per heavy atom. The van der Waals surface area contributed by atoms with Gasteiger partial charge in [-0.3, -0.25) is 38.4 Å². The van der Waals surface area contributed by atoms with Crippen molar-refractivity contribution < 1.29 is 58.8 Å². The van der Waals surface area contributed by atoms with Crippen LogP contribution in [0.25, 0.3) is 0 Å². The number of likely N-dealkylation sites (tertiary alicyclic amines) is 1. The van der Waals surface area contributed by atoms with Gasteiger partial charge in [0.1, 0.15) is 63.1 Å². The lowest BCUT2D eigenvalue weighted by Crippen LogP contribution is -2.59. The maximum absolute atomic E-state index is 14.7. The molecule has 1 fully saturated rings. The number of benzene rings is 1. The number of thiocarbonyl (C=S) groups is 2. The molecule has 1 saturated heterocycles. The molecule has 0 radical (unpaired) electrons. The average Bonchev–Trinajstić information content (AvgIpc) is 4.14. The van der Waals surface area contributed by atoms with Crippen LogP contribution in [0.5, 0.6) is 11.5 Å². The van der Waals surface area contributed by atoms with Gasteiger partial charge in [-0.1, -0.05) is 68.1 Å². The number of aromatic hydroxyl groups is 2. The van der Waals surface area contributed by atoms with E-state index in [0.717, 1.165) is 5.56 Å². The second-order valence-electron chi connectivity index (χ2n) is 18.5. The molecular weight excluding hydrogens is 1080 g/mol. The zero-order valence-corrected chi connectivity index (χ0v) is 46.9. The van der Waals surface area contributed by atoms with Crippen molar-refractivity contribution in [2.24, 2.45) is 5.92 Å². The molecular formula is C49H68N10O12S5. The molecule has 4 rings (SSSR count). The number of Topliss-reactive ketones (excluding diaryl/α,β-unsaturated/α-hetero) is 2. The lowest BCUT2D eigenvalue weighted by molar-refractivity contribution is -0.138. The first-order chi connectivity index (χ1) is 36.0. The number of aromatic amines is 2. The number of aliphatic hydroxyl groups is 2. The quantitative estimate of drug-likeness (QED) is 0.0254. The van der Waals surface area contributed by atoms with Crippen LogP contribution in [0.1, 0.15) is 91.2 Å². The number of rotatable bonds is 29. The lowest BCUT2D eigenvalue weighted by Gasteiger charge is -2.30. The number of carbonyl (C=O) groups excluding carboxylic acids is 8. The van der Waals surface area contributed by atoms with Crippen LogP contribution >= 0.6 is 61.5 Å². The normalized spacial score (nSPS) is 15.6. The van der Waals surface area contributed by atoms with Crippen molar-refractivity contribution in [3.63, 3.8) is 0 Å². The van der Waals surface area contributed by atoms with E-state index in [1.807, 2.05) is 39.2 Å². The van der Waals surface area contributed by atoms with E-state index in [1.165, 1.54) is 35.7 Å². The van der Waals surface area contributed by atoms with Crippen LogP contribution in [-0.4, -0.2) is 178 Å². The highest BCUT2D eigenvalue weighted by Crippen LogP contribution is 2.35. The molecule has 22 nitrogen and oxygen atoms in total. The largest absolute Gasteiger partial charge is 0.506 e. The minimum absolute atomic E-state index is 0.00499. The molecule has 76 heavy (non-hydrogen) atoms. The van der Waals surface area contributed by atoms with Crippen LogP contribution in [-0.2, 0) is 40.0 Å². The molecule has 0 spiro atoms. The van der Waals surface area contributed by atoms with Gasteiger partial charge in [0.15, 0.2) is 11.6 Å². The number of thiol groups is 2. The van der Waals surface area contributed by atoms with Gasteiger partial charge in [0.25, 0.3) is 0 Å². The number of carbonyl (C=O) groups is 8. The smallest absolute Gasteiger partial charge is 0.246 e. The fourth-order valence-electron chi connectivity index (χ4n) is 7.98. The topological polar surface area (TPSA) is 337 Å². The van der Waals surface area contributed by atoms with Gasteiger partial charge in [-0.05, 0) is 56.6 Å². The highest BCUT2D eigenvalue weighted by atomic mass is 32.2. The van der Waals surface area contributed by atoms with E-state index >= 15 is 0 Å². The Hall–Kier alpha value is -5.71. The molecule has 6 amide bonds. The fraction of sp³-hybridized carbons (Fsp3) is 0.510. The molecule has 3 heterocycles. The molecule has 2 aromatic heterocycles. The summed E-state index contributed by atoms with van der Waals surface area (Å²) in [4.78, 5) is 113. The van der Waals surface area contributed by atoms with Gasteiger partial charge in [-0.2, -0.15) is 37.0 Å².